The van der Waals surface area contributed by atoms with Crippen LogP contribution in [0.25, 0.3) is 10.8 Å². The Morgan fingerprint density at radius 2 is 1.59 bits per heavy atom. The maximum atomic E-state index is 12.8. The van der Waals surface area contributed by atoms with Crippen molar-refractivity contribution in [2.24, 2.45) is 0 Å². The van der Waals surface area contributed by atoms with Crippen molar-refractivity contribution in [1.29, 1.82) is 0 Å². The molecule has 3 rings (SSSR count). The van der Waals surface area contributed by atoms with Gasteiger partial charge in [-0.3, -0.25) is 0 Å². The second kappa shape index (κ2) is 8.48. The SMILES string of the molecule is COc1cc2cc[n+](CCc3cccc(C(F)(F)F)c3)cc2cc1OC.[Cl-]. The fraction of sp³-hybridized carbons (Fsp3) is 0.250. The molecule has 0 aliphatic carbocycles. The summed E-state index contributed by atoms with van der Waals surface area (Å²) in [7, 11) is 3.16. The number of aromatic nitrogens is 1. The average Bonchev–Trinajstić information content (AvgIpc) is 2.64. The molecule has 0 aliphatic rings. The average molecular weight is 398 g/mol. The Labute approximate surface area is 161 Å². The van der Waals surface area contributed by atoms with E-state index in [0.29, 0.717) is 30.0 Å². The van der Waals surface area contributed by atoms with E-state index in [2.05, 4.69) is 0 Å². The highest BCUT2D eigenvalue weighted by molar-refractivity contribution is 5.84. The molecule has 144 valence electrons. The van der Waals surface area contributed by atoms with Crippen molar-refractivity contribution in [3.8, 4) is 11.5 Å². The fourth-order valence-corrected chi connectivity index (χ4v) is 2.86. The molecule has 3 nitrogen and oxygen atoms in total. The summed E-state index contributed by atoms with van der Waals surface area (Å²) in [6.07, 6.45) is 0.0435. The van der Waals surface area contributed by atoms with E-state index in [1.807, 2.05) is 35.2 Å². The summed E-state index contributed by atoms with van der Waals surface area (Å²) in [5.74, 6) is 1.29. The molecular weight excluding hydrogens is 379 g/mol. The standard InChI is InChI=1S/C20H19F3NO2.ClH/c1-25-18-11-15-7-9-24(13-16(15)12-19(18)26-2)8-6-14-4-3-5-17(10-14)20(21,22)23;/h3-5,7,9-13H,6,8H2,1-2H3;1H/q+1;/p-1. The van der Waals surface area contributed by atoms with Crippen LogP contribution < -0.4 is 26.4 Å². The number of methoxy groups -OCH3 is 2. The molecule has 1 heterocycles. The molecule has 2 aromatic carbocycles. The van der Waals surface area contributed by atoms with Gasteiger partial charge in [0, 0.05) is 17.9 Å². The van der Waals surface area contributed by atoms with Gasteiger partial charge in [-0.15, -0.1) is 0 Å². The quantitative estimate of drug-likeness (QED) is 0.607. The molecule has 1 aromatic heterocycles. The second-order valence-corrected chi connectivity index (χ2v) is 5.97. The number of ether oxygens (including phenoxy) is 2. The van der Waals surface area contributed by atoms with E-state index < -0.39 is 11.7 Å². The van der Waals surface area contributed by atoms with Crippen LogP contribution in [0.5, 0.6) is 11.5 Å². The predicted octanol–water partition coefficient (Wildman–Crippen LogP) is 1.41. The number of nitrogens with zero attached hydrogens (tertiary/aromatic N) is 1. The van der Waals surface area contributed by atoms with Crippen LogP contribution in [0.15, 0.2) is 54.9 Å². The van der Waals surface area contributed by atoms with Gasteiger partial charge in [0.15, 0.2) is 30.4 Å². The molecule has 0 fully saturated rings. The van der Waals surface area contributed by atoms with E-state index in [1.54, 1.807) is 20.3 Å². The second-order valence-electron chi connectivity index (χ2n) is 5.97. The van der Waals surface area contributed by atoms with Crippen LogP contribution >= 0.6 is 0 Å². The van der Waals surface area contributed by atoms with Gasteiger partial charge >= 0.3 is 6.18 Å². The van der Waals surface area contributed by atoms with Gasteiger partial charge in [0.2, 0.25) is 0 Å². The summed E-state index contributed by atoms with van der Waals surface area (Å²) in [5.41, 5.74) is 0.0371. The van der Waals surface area contributed by atoms with Crippen LogP contribution in [0.4, 0.5) is 13.2 Å². The molecule has 0 amide bonds. The third-order valence-electron chi connectivity index (χ3n) is 4.25. The van der Waals surface area contributed by atoms with Crippen molar-refractivity contribution in [2.45, 2.75) is 19.1 Å². The van der Waals surface area contributed by atoms with E-state index in [9.17, 15) is 13.2 Å². The number of hydrogen-bond donors (Lipinski definition) is 0. The summed E-state index contributed by atoms with van der Waals surface area (Å²) in [6.45, 7) is 0.575. The van der Waals surface area contributed by atoms with E-state index >= 15 is 0 Å². The van der Waals surface area contributed by atoms with Gasteiger partial charge in [0.1, 0.15) is 0 Å². The summed E-state index contributed by atoms with van der Waals surface area (Å²) in [4.78, 5) is 0. The minimum absolute atomic E-state index is 0. The molecule has 7 heteroatoms. The number of fused-ring (bicyclic) bond motifs is 1. The number of aryl methyl sites for hydroxylation is 2. The molecule has 0 aliphatic heterocycles. The Balaban J connectivity index is 0.00000261. The third-order valence-corrected chi connectivity index (χ3v) is 4.25. The van der Waals surface area contributed by atoms with E-state index in [0.717, 1.165) is 16.8 Å². The van der Waals surface area contributed by atoms with E-state index in [-0.39, 0.29) is 12.4 Å². The first kappa shape index (κ1) is 20.8. The maximum Gasteiger partial charge on any atom is 0.416 e. The van der Waals surface area contributed by atoms with Crippen molar-refractivity contribution in [3.05, 3.63) is 66.0 Å². The van der Waals surface area contributed by atoms with E-state index in [1.165, 1.54) is 12.1 Å². The lowest BCUT2D eigenvalue weighted by Crippen LogP contribution is -3.00. The number of rotatable bonds is 5. The number of hydrogen-bond acceptors (Lipinski definition) is 2. The number of pyridine rings is 1. The molecule has 0 N–H and O–H groups in total. The van der Waals surface area contributed by atoms with Crippen LogP contribution in [-0.4, -0.2) is 14.2 Å². The maximum absolute atomic E-state index is 12.8. The lowest BCUT2D eigenvalue weighted by molar-refractivity contribution is -0.695. The Hall–Kier alpha value is -2.47. The van der Waals surface area contributed by atoms with Crippen LogP contribution in [0.2, 0.25) is 0 Å². The Morgan fingerprint density at radius 3 is 2.22 bits per heavy atom. The lowest BCUT2D eigenvalue weighted by atomic mass is 10.1. The van der Waals surface area contributed by atoms with Crippen LogP contribution in [-0.2, 0) is 19.1 Å². The van der Waals surface area contributed by atoms with Crippen molar-refractivity contribution in [1.82, 2.24) is 0 Å². The first-order valence-corrected chi connectivity index (χ1v) is 8.11. The smallest absolute Gasteiger partial charge is 0.416 e. The first-order valence-electron chi connectivity index (χ1n) is 8.11. The molecule has 27 heavy (non-hydrogen) atoms. The monoisotopic (exact) mass is 397 g/mol. The molecule has 0 saturated carbocycles. The topological polar surface area (TPSA) is 22.3 Å². The Bertz CT molecular complexity index is 929. The Kier molecular flexibility index (Phi) is 6.54. The van der Waals surface area contributed by atoms with E-state index in [4.69, 9.17) is 9.47 Å². The number of alkyl halides is 3. The highest BCUT2D eigenvalue weighted by Crippen LogP contribution is 2.31. The predicted molar refractivity (Wildman–Crippen MR) is 92.4 cm³/mol. The van der Waals surface area contributed by atoms with Gasteiger partial charge in [0.05, 0.1) is 19.8 Å². The zero-order valence-corrected chi connectivity index (χ0v) is 15.6. The van der Waals surface area contributed by atoms with Crippen molar-refractivity contribution >= 4 is 10.8 Å². The van der Waals surface area contributed by atoms with Gasteiger partial charge in [-0.1, -0.05) is 18.2 Å². The highest BCUT2D eigenvalue weighted by atomic mass is 35.5. The molecular formula is C20H19ClF3NO2. The van der Waals surface area contributed by atoms with Gasteiger partial charge in [-0.05, 0) is 29.1 Å². The number of benzene rings is 2. The zero-order valence-electron chi connectivity index (χ0n) is 14.9. The van der Waals surface area contributed by atoms with Crippen molar-refractivity contribution in [2.75, 3.05) is 14.2 Å². The third kappa shape index (κ3) is 4.83. The van der Waals surface area contributed by atoms with Crippen LogP contribution in [0.3, 0.4) is 0 Å². The molecule has 3 aromatic rings. The minimum atomic E-state index is -4.32. The summed E-state index contributed by atoms with van der Waals surface area (Å²) >= 11 is 0. The van der Waals surface area contributed by atoms with Gasteiger partial charge in [-0.25, -0.2) is 4.57 Å². The van der Waals surface area contributed by atoms with Crippen LogP contribution in [0.1, 0.15) is 11.1 Å². The van der Waals surface area contributed by atoms with Gasteiger partial charge in [0.25, 0.3) is 0 Å². The number of halogens is 4. The Morgan fingerprint density at radius 1 is 0.926 bits per heavy atom. The molecule has 0 spiro atoms. The summed E-state index contributed by atoms with van der Waals surface area (Å²) in [6, 6.07) is 11.2. The lowest BCUT2D eigenvalue weighted by Gasteiger charge is -2.09. The molecule has 0 radical (unpaired) electrons. The molecule has 0 unspecified atom stereocenters. The fourth-order valence-electron chi connectivity index (χ4n) is 2.86. The normalized spacial score (nSPS) is 11.1. The van der Waals surface area contributed by atoms with Crippen molar-refractivity contribution < 1.29 is 39.6 Å². The zero-order chi connectivity index (χ0) is 18.7. The first-order chi connectivity index (χ1) is 12.4. The van der Waals surface area contributed by atoms with Crippen LogP contribution in [0, 0.1) is 0 Å². The molecule has 0 bridgehead atoms. The summed E-state index contributed by atoms with van der Waals surface area (Å²) < 4.78 is 51.0. The largest absolute Gasteiger partial charge is 1.00 e. The van der Waals surface area contributed by atoms with Gasteiger partial charge < -0.3 is 21.9 Å². The van der Waals surface area contributed by atoms with Gasteiger partial charge in [-0.2, -0.15) is 13.2 Å². The highest BCUT2D eigenvalue weighted by Gasteiger charge is 2.30. The molecule has 0 saturated heterocycles. The van der Waals surface area contributed by atoms with Crippen molar-refractivity contribution in [3.63, 3.8) is 0 Å². The minimum Gasteiger partial charge on any atom is -1.00 e. The summed E-state index contributed by atoms with van der Waals surface area (Å²) in [5, 5.41) is 1.96. The molecule has 0 atom stereocenters.